The SMILES string of the molecule is COC(=O)[C@@H](CN1C(=O)c2ccccc2C1=O)NC(c1ccccc1)(c1ccccc1)c1ccccc1. The van der Waals surface area contributed by atoms with Crippen LogP contribution in [0.1, 0.15) is 37.4 Å². The van der Waals surface area contributed by atoms with Crippen LogP contribution in [-0.4, -0.2) is 42.4 Å². The van der Waals surface area contributed by atoms with E-state index in [-0.39, 0.29) is 6.54 Å². The Kier molecular flexibility index (Phi) is 6.66. The number of nitrogens with zero attached hydrogens (tertiary/aromatic N) is 1. The zero-order valence-electron chi connectivity index (χ0n) is 20.3. The number of ether oxygens (including phenoxy) is 1. The van der Waals surface area contributed by atoms with Crippen LogP contribution < -0.4 is 5.32 Å². The highest BCUT2D eigenvalue weighted by molar-refractivity contribution is 6.21. The smallest absolute Gasteiger partial charge is 0.324 e. The minimum absolute atomic E-state index is 0.187. The summed E-state index contributed by atoms with van der Waals surface area (Å²) in [5.41, 5.74) is 2.35. The molecule has 4 aromatic carbocycles. The lowest BCUT2D eigenvalue weighted by atomic mass is 9.76. The Labute approximate surface area is 215 Å². The Morgan fingerprint density at radius 2 is 1.08 bits per heavy atom. The van der Waals surface area contributed by atoms with E-state index >= 15 is 0 Å². The van der Waals surface area contributed by atoms with Gasteiger partial charge in [0.15, 0.2) is 0 Å². The van der Waals surface area contributed by atoms with Crippen LogP contribution >= 0.6 is 0 Å². The van der Waals surface area contributed by atoms with Crippen molar-refractivity contribution in [3.8, 4) is 0 Å². The maximum Gasteiger partial charge on any atom is 0.324 e. The van der Waals surface area contributed by atoms with Gasteiger partial charge in [-0.1, -0.05) is 103 Å². The molecule has 1 N–H and O–H groups in total. The van der Waals surface area contributed by atoms with Crippen LogP contribution in [0.4, 0.5) is 0 Å². The highest BCUT2D eigenvalue weighted by atomic mass is 16.5. The first-order chi connectivity index (χ1) is 18.1. The Morgan fingerprint density at radius 1 is 0.703 bits per heavy atom. The van der Waals surface area contributed by atoms with Gasteiger partial charge in [0.25, 0.3) is 11.8 Å². The van der Waals surface area contributed by atoms with Crippen LogP contribution in [-0.2, 0) is 15.1 Å². The molecule has 4 aromatic rings. The lowest BCUT2D eigenvalue weighted by Gasteiger charge is -2.40. The van der Waals surface area contributed by atoms with Gasteiger partial charge in [-0.05, 0) is 28.8 Å². The molecule has 0 saturated heterocycles. The molecular weight excluding hydrogens is 464 g/mol. The first-order valence-electron chi connectivity index (χ1n) is 12.0. The molecule has 0 fully saturated rings. The Morgan fingerprint density at radius 3 is 1.46 bits per heavy atom. The van der Waals surface area contributed by atoms with Crippen LogP contribution in [0.25, 0.3) is 0 Å². The largest absolute Gasteiger partial charge is 0.468 e. The van der Waals surface area contributed by atoms with E-state index in [9.17, 15) is 14.4 Å². The van der Waals surface area contributed by atoms with E-state index in [1.807, 2.05) is 91.0 Å². The molecule has 0 spiro atoms. The number of nitrogens with one attached hydrogen (secondary N) is 1. The second-order valence-corrected chi connectivity index (χ2v) is 8.83. The average Bonchev–Trinajstić information content (AvgIpc) is 3.21. The van der Waals surface area contributed by atoms with Crippen LogP contribution in [0.15, 0.2) is 115 Å². The van der Waals surface area contributed by atoms with Gasteiger partial charge in [0.05, 0.1) is 30.3 Å². The van der Waals surface area contributed by atoms with Crippen LogP contribution in [0.3, 0.4) is 0 Å². The van der Waals surface area contributed by atoms with Gasteiger partial charge >= 0.3 is 5.97 Å². The Balaban J connectivity index is 1.64. The summed E-state index contributed by atoms with van der Waals surface area (Å²) in [6, 6.07) is 35.0. The molecule has 37 heavy (non-hydrogen) atoms. The third-order valence-corrected chi connectivity index (χ3v) is 6.74. The maximum atomic E-state index is 13.2. The summed E-state index contributed by atoms with van der Waals surface area (Å²) in [7, 11) is 1.30. The number of methoxy groups -OCH3 is 1. The molecule has 1 atom stereocenters. The highest BCUT2D eigenvalue weighted by Gasteiger charge is 2.43. The fourth-order valence-corrected chi connectivity index (χ4v) is 4.98. The average molecular weight is 491 g/mol. The Bertz CT molecular complexity index is 1290. The number of carbonyl (C=O) groups is 3. The predicted molar refractivity (Wildman–Crippen MR) is 140 cm³/mol. The fourth-order valence-electron chi connectivity index (χ4n) is 4.98. The van der Waals surface area contributed by atoms with E-state index in [2.05, 4.69) is 5.32 Å². The van der Waals surface area contributed by atoms with Gasteiger partial charge in [0.2, 0.25) is 0 Å². The molecule has 1 aliphatic heterocycles. The van der Waals surface area contributed by atoms with Gasteiger partial charge in [-0.15, -0.1) is 0 Å². The third kappa shape index (κ3) is 4.32. The van der Waals surface area contributed by atoms with E-state index in [0.29, 0.717) is 11.1 Å². The van der Waals surface area contributed by atoms with Crippen LogP contribution in [0.5, 0.6) is 0 Å². The standard InChI is InChI=1S/C31H26N2O4/c1-37-30(36)27(21-33-28(34)25-19-11-12-20-26(25)29(33)35)32-31(22-13-5-2-6-14-22,23-15-7-3-8-16-23)24-17-9-4-10-18-24/h2-20,27,32H,21H2,1H3/t27-/m1/s1. The molecule has 6 nitrogen and oxygen atoms in total. The van der Waals surface area contributed by atoms with Gasteiger partial charge in [0.1, 0.15) is 6.04 Å². The van der Waals surface area contributed by atoms with Crippen LogP contribution in [0, 0.1) is 0 Å². The number of hydrogen-bond donors (Lipinski definition) is 1. The van der Waals surface area contributed by atoms with Gasteiger partial charge in [-0.25, -0.2) is 0 Å². The van der Waals surface area contributed by atoms with Crippen molar-refractivity contribution in [2.24, 2.45) is 0 Å². The van der Waals surface area contributed by atoms with Gasteiger partial charge in [-0.3, -0.25) is 24.6 Å². The van der Waals surface area contributed by atoms with Gasteiger partial charge in [0, 0.05) is 0 Å². The summed E-state index contributed by atoms with van der Waals surface area (Å²) in [5.74, 6) is -1.44. The maximum absolute atomic E-state index is 13.2. The summed E-state index contributed by atoms with van der Waals surface area (Å²) in [6.07, 6.45) is 0. The molecule has 0 aromatic heterocycles. The Hall–Kier alpha value is -4.55. The topological polar surface area (TPSA) is 75.7 Å². The number of benzene rings is 4. The zero-order chi connectivity index (χ0) is 25.8. The fraction of sp³-hybridized carbons (Fsp3) is 0.129. The van der Waals surface area contributed by atoms with Crippen molar-refractivity contribution in [1.29, 1.82) is 0 Å². The number of amides is 2. The molecular formula is C31H26N2O4. The molecule has 1 heterocycles. The molecule has 6 heteroatoms. The second-order valence-electron chi connectivity index (χ2n) is 8.83. The number of hydrogen-bond acceptors (Lipinski definition) is 5. The predicted octanol–water partition coefficient (Wildman–Crippen LogP) is 4.41. The lowest BCUT2D eigenvalue weighted by molar-refractivity contribution is -0.143. The first-order valence-corrected chi connectivity index (χ1v) is 12.0. The van der Waals surface area contributed by atoms with Crippen molar-refractivity contribution in [3.63, 3.8) is 0 Å². The van der Waals surface area contributed by atoms with Crippen molar-refractivity contribution < 1.29 is 19.1 Å². The van der Waals surface area contributed by atoms with E-state index < -0.39 is 29.4 Å². The zero-order valence-corrected chi connectivity index (χ0v) is 20.3. The van der Waals surface area contributed by atoms with Gasteiger partial charge < -0.3 is 4.74 Å². The molecule has 0 radical (unpaired) electrons. The third-order valence-electron chi connectivity index (χ3n) is 6.74. The number of imide groups is 1. The summed E-state index contributed by atoms with van der Waals surface area (Å²) >= 11 is 0. The number of esters is 1. The van der Waals surface area contributed by atoms with E-state index in [1.54, 1.807) is 24.3 Å². The van der Waals surface area contributed by atoms with Crippen LogP contribution in [0.2, 0.25) is 0 Å². The minimum Gasteiger partial charge on any atom is -0.468 e. The van der Waals surface area contributed by atoms with E-state index in [4.69, 9.17) is 4.74 Å². The van der Waals surface area contributed by atoms with Gasteiger partial charge in [-0.2, -0.15) is 0 Å². The molecule has 184 valence electrons. The number of fused-ring (bicyclic) bond motifs is 1. The minimum atomic E-state index is -1.02. The normalized spacial score (nSPS) is 13.8. The lowest BCUT2D eigenvalue weighted by Crippen LogP contribution is -2.57. The number of carbonyl (C=O) groups excluding carboxylic acids is 3. The van der Waals surface area contributed by atoms with E-state index in [1.165, 1.54) is 7.11 Å². The van der Waals surface area contributed by atoms with Crippen molar-refractivity contribution in [3.05, 3.63) is 143 Å². The first kappa shape index (κ1) is 24.2. The molecule has 0 bridgehead atoms. The summed E-state index contributed by atoms with van der Waals surface area (Å²) < 4.78 is 5.17. The monoisotopic (exact) mass is 490 g/mol. The van der Waals surface area contributed by atoms with Crippen molar-refractivity contribution in [2.75, 3.05) is 13.7 Å². The summed E-state index contributed by atoms with van der Waals surface area (Å²) in [5, 5.41) is 3.54. The van der Waals surface area contributed by atoms with Crippen molar-refractivity contribution >= 4 is 17.8 Å². The molecule has 2 amide bonds. The summed E-state index contributed by atoms with van der Waals surface area (Å²) in [4.78, 5) is 40.6. The molecule has 0 aliphatic carbocycles. The van der Waals surface area contributed by atoms with Crippen molar-refractivity contribution in [1.82, 2.24) is 10.2 Å². The van der Waals surface area contributed by atoms with E-state index in [0.717, 1.165) is 21.6 Å². The highest BCUT2D eigenvalue weighted by Crippen LogP contribution is 2.37. The molecule has 1 aliphatic rings. The summed E-state index contributed by atoms with van der Waals surface area (Å²) in [6.45, 7) is -0.187. The quantitative estimate of drug-likeness (QED) is 0.225. The molecule has 0 saturated carbocycles. The molecule has 5 rings (SSSR count). The number of rotatable bonds is 8. The van der Waals surface area contributed by atoms with Crippen molar-refractivity contribution in [2.45, 2.75) is 11.6 Å². The second kappa shape index (κ2) is 10.2. The molecule has 0 unspecified atom stereocenters.